The van der Waals surface area contributed by atoms with Crippen molar-refractivity contribution in [3.05, 3.63) is 11.6 Å². The Kier molecular flexibility index (Phi) is 5.73. The van der Waals surface area contributed by atoms with E-state index in [1.165, 1.54) is 6.08 Å². The molecule has 0 spiro atoms. The van der Waals surface area contributed by atoms with Crippen LogP contribution in [0.3, 0.4) is 0 Å². The molecule has 0 radical (unpaired) electrons. The summed E-state index contributed by atoms with van der Waals surface area (Å²) in [5.74, 6) is -0.985. The Morgan fingerprint density at radius 3 is 2.58 bits per heavy atom. The van der Waals surface area contributed by atoms with Crippen LogP contribution in [0.25, 0.3) is 0 Å². The van der Waals surface area contributed by atoms with E-state index in [0.717, 1.165) is 17.7 Å². The first-order chi connectivity index (χ1) is 8.97. The number of ether oxygens (including phenoxy) is 1. The minimum atomic E-state index is -0.368. The number of imide groups is 1. The lowest BCUT2D eigenvalue weighted by atomic mass is 10.0. The summed E-state index contributed by atoms with van der Waals surface area (Å²) in [5, 5.41) is 0. The highest BCUT2D eigenvalue weighted by Gasteiger charge is 2.32. The van der Waals surface area contributed by atoms with E-state index in [0.29, 0.717) is 12.2 Å². The van der Waals surface area contributed by atoms with E-state index in [-0.39, 0.29) is 36.7 Å². The van der Waals surface area contributed by atoms with Gasteiger partial charge in [0.1, 0.15) is 0 Å². The third-order valence-electron chi connectivity index (χ3n) is 2.96. The zero-order chi connectivity index (χ0) is 14.4. The van der Waals surface area contributed by atoms with Crippen LogP contribution in [0.4, 0.5) is 0 Å². The molecular formula is C14H21NO4. The van der Waals surface area contributed by atoms with Crippen molar-refractivity contribution in [1.82, 2.24) is 4.90 Å². The molecule has 0 saturated carbocycles. The van der Waals surface area contributed by atoms with Crippen LogP contribution in [0.2, 0.25) is 0 Å². The molecule has 0 fully saturated rings. The fourth-order valence-corrected chi connectivity index (χ4v) is 1.76. The molecule has 0 bridgehead atoms. The molecule has 0 saturated heterocycles. The number of hydrogen-bond acceptors (Lipinski definition) is 4. The molecule has 0 unspecified atom stereocenters. The maximum absolute atomic E-state index is 11.9. The first kappa shape index (κ1) is 15.4. The normalized spacial score (nSPS) is 15.2. The van der Waals surface area contributed by atoms with Crippen LogP contribution in [0.5, 0.6) is 0 Å². The topological polar surface area (TPSA) is 63.7 Å². The van der Waals surface area contributed by atoms with Gasteiger partial charge in [0.2, 0.25) is 0 Å². The number of rotatable bonds is 7. The standard InChI is InChI=1S/C14H21NO4/c1-4-5-8-19-13(17)6-7-15-12(16)9-11(10(2)3)14(15)18/h9-10H,4-8H2,1-3H3. The van der Waals surface area contributed by atoms with Crippen LogP contribution in [-0.2, 0) is 19.1 Å². The molecule has 1 aliphatic heterocycles. The van der Waals surface area contributed by atoms with Gasteiger partial charge in [-0.3, -0.25) is 19.3 Å². The summed E-state index contributed by atoms with van der Waals surface area (Å²) in [6.45, 7) is 6.22. The second kappa shape index (κ2) is 7.07. The Hall–Kier alpha value is -1.65. The van der Waals surface area contributed by atoms with Crippen molar-refractivity contribution < 1.29 is 19.1 Å². The third-order valence-corrected chi connectivity index (χ3v) is 2.96. The minimum absolute atomic E-state index is 0.0120. The molecule has 2 amide bonds. The second-order valence-corrected chi connectivity index (χ2v) is 4.87. The van der Waals surface area contributed by atoms with Gasteiger partial charge in [-0.2, -0.15) is 0 Å². The van der Waals surface area contributed by atoms with Crippen molar-refractivity contribution in [2.24, 2.45) is 5.92 Å². The molecule has 0 N–H and O–H groups in total. The molecule has 0 atom stereocenters. The van der Waals surface area contributed by atoms with Crippen molar-refractivity contribution in [2.45, 2.75) is 40.0 Å². The number of nitrogens with zero attached hydrogens (tertiary/aromatic N) is 1. The predicted molar refractivity (Wildman–Crippen MR) is 70.1 cm³/mol. The van der Waals surface area contributed by atoms with E-state index in [9.17, 15) is 14.4 Å². The van der Waals surface area contributed by atoms with Crippen LogP contribution in [0.15, 0.2) is 11.6 Å². The summed E-state index contributed by atoms with van der Waals surface area (Å²) >= 11 is 0. The summed E-state index contributed by atoms with van der Waals surface area (Å²) in [7, 11) is 0. The number of carbonyl (C=O) groups excluding carboxylic acids is 3. The van der Waals surface area contributed by atoms with Crippen molar-refractivity contribution >= 4 is 17.8 Å². The average Bonchev–Trinajstić information content (AvgIpc) is 2.63. The first-order valence-corrected chi connectivity index (χ1v) is 6.70. The van der Waals surface area contributed by atoms with Crippen molar-refractivity contribution in [2.75, 3.05) is 13.2 Å². The number of amides is 2. The molecule has 106 valence electrons. The zero-order valence-corrected chi connectivity index (χ0v) is 11.8. The highest BCUT2D eigenvalue weighted by Crippen LogP contribution is 2.20. The van der Waals surface area contributed by atoms with Gasteiger partial charge >= 0.3 is 5.97 Å². The van der Waals surface area contributed by atoms with Gasteiger partial charge in [0.05, 0.1) is 13.0 Å². The molecule has 0 aromatic rings. The van der Waals surface area contributed by atoms with Gasteiger partial charge in [-0.05, 0) is 12.3 Å². The van der Waals surface area contributed by atoms with E-state index in [4.69, 9.17) is 4.74 Å². The van der Waals surface area contributed by atoms with Gasteiger partial charge in [0, 0.05) is 18.2 Å². The lowest BCUT2D eigenvalue weighted by molar-refractivity contribution is -0.145. The molecule has 1 heterocycles. The Labute approximate surface area is 113 Å². The maximum Gasteiger partial charge on any atom is 0.307 e. The summed E-state index contributed by atoms with van der Waals surface area (Å²) < 4.78 is 4.98. The maximum atomic E-state index is 11.9. The molecule has 0 aromatic carbocycles. The second-order valence-electron chi connectivity index (χ2n) is 4.87. The van der Waals surface area contributed by atoms with E-state index < -0.39 is 0 Å². The summed E-state index contributed by atoms with van der Waals surface area (Å²) in [5.41, 5.74) is 0.504. The number of unbranched alkanes of at least 4 members (excludes halogenated alkanes) is 1. The van der Waals surface area contributed by atoms with Crippen LogP contribution in [0.1, 0.15) is 40.0 Å². The van der Waals surface area contributed by atoms with E-state index >= 15 is 0 Å². The van der Waals surface area contributed by atoms with E-state index in [2.05, 4.69) is 0 Å². The van der Waals surface area contributed by atoms with Crippen LogP contribution in [0, 0.1) is 5.92 Å². The van der Waals surface area contributed by atoms with Crippen molar-refractivity contribution in [3.63, 3.8) is 0 Å². The molecule has 5 heteroatoms. The molecule has 0 aromatic heterocycles. The monoisotopic (exact) mass is 267 g/mol. The highest BCUT2D eigenvalue weighted by atomic mass is 16.5. The third kappa shape index (κ3) is 4.19. The fourth-order valence-electron chi connectivity index (χ4n) is 1.76. The Bertz CT molecular complexity index is 398. The summed E-state index contributed by atoms with van der Waals surface area (Å²) in [4.78, 5) is 36.1. The highest BCUT2D eigenvalue weighted by molar-refractivity contribution is 6.16. The molecule has 0 aliphatic carbocycles. The van der Waals surface area contributed by atoms with Gasteiger partial charge < -0.3 is 4.74 Å². The van der Waals surface area contributed by atoms with Gasteiger partial charge in [-0.25, -0.2) is 0 Å². The fraction of sp³-hybridized carbons (Fsp3) is 0.643. The van der Waals surface area contributed by atoms with Gasteiger partial charge in [-0.15, -0.1) is 0 Å². The first-order valence-electron chi connectivity index (χ1n) is 6.70. The quantitative estimate of drug-likeness (QED) is 0.400. The van der Waals surface area contributed by atoms with E-state index in [1.54, 1.807) is 0 Å². The van der Waals surface area contributed by atoms with Crippen molar-refractivity contribution in [1.29, 1.82) is 0 Å². The molecule has 5 nitrogen and oxygen atoms in total. The molecule has 1 aliphatic rings. The van der Waals surface area contributed by atoms with Crippen molar-refractivity contribution in [3.8, 4) is 0 Å². The lowest BCUT2D eigenvalue weighted by Gasteiger charge is -2.15. The Balaban J connectivity index is 2.41. The van der Waals surface area contributed by atoms with Gasteiger partial charge in [0.25, 0.3) is 11.8 Å². The average molecular weight is 267 g/mol. The lowest BCUT2D eigenvalue weighted by Crippen LogP contribution is -2.33. The van der Waals surface area contributed by atoms with Crippen LogP contribution < -0.4 is 0 Å². The zero-order valence-electron chi connectivity index (χ0n) is 11.8. The van der Waals surface area contributed by atoms with E-state index in [1.807, 2.05) is 20.8 Å². The molecule has 19 heavy (non-hydrogen) atoms. The van der Waals surface area contributed by atoms with Crippen LogP contribution in [-0.4, -0.2) is 35.8 Å². The summed E-state index contributed by atoms with van der Waals surface area (Å²) in [6, 6.07) is 0. The predicted octanol–water partition coefficient (Wildman–Crippen LogP) is 1.67. The number of hydrogen-bond donors (Lipinski definition) is 0. The van der Waals surface area contributed by atoms with Crippen LogP contribution >= 0.6 is 0 Å². The smallest absolute Gasteiger partial charge is 0.307 e. The Morgan fingerprint density at radius 1 is 1.37 bits per heavy atom. The largest absolute Gasteiger partial charge is 0.466 e. The SMILES string of the molecule is CCCCOC(=O)CCN1C(=O)C=C(C(C)C)C1=O. The number of carbonyl (C=O) groups is 3. The minimum Gasteiger partial charge on any atom is -0.466 e. The molecule has 1 rings (SSSR count). The van der Waals surface area contributed by atoms with Gasteiger partial charge in [-0.1, -0.05) is 27.2 Å². The van der Waals surface area contributed by atoms with Gasteiger partial charge in [0.15, 0.2) is 0 Å². The molecular weight excluding hydrogens is 246 g/mol. The Morgan fingerprint density at radius 2 is 2.05 bits per heavy atom. The summed E-state index contributed by atoms with van der Waals surface area (Å²) in [6.07, 6.45) is 3.19. The number of esters is 1.